The molecule has 2 unspecified atom stereocenters. The fourth-order valence-electron chi connectivity index (χ4n) is 1.84. The Labute approximate surface area is 109 Å². The summed E-state index contributed by atoms with van der Waals surface area (Å²) in [7, 11) is 1.62. The van der Waals surface area contributed by atoms with Crippen LogP contribution in [0.5, 0.6) is 5.75 Å². The molecule has 4 nitrogen and oxygen atoms in total. The second-order valence-electron chi connectivity index (χ2n) is 4.63. The molecule has 0 aromatic carbocycles. The molecule has 0 aliphatic rings. The number of aliphatic hydroxyl groups excluding tert-OH is 1. The fraction of sp³-hybridized carbons (Fsp3) is 0.643. The summed E-state index contributed by atoms with van der Waals surface area (Å²) in [4.78, 5) is 4.10. The predicted molar refractivity (Wildman–Crippen MR) is 70.7 cm³/mol. The lowest BCUT2D eigenvalue weighted by Gasteiger charge is -2.21. The van der Waals surface area contributed by atoms with Crippen LogP contribution in [-0.2, 0) is 4.74 Å². The van der Waals surface area contributed by atoms with Gasteiger partial charge in [0, 0.05) is 18.9 Å². The topological polar surface area (TPSA) is 51.6 Å². The lowest BCUT2D eigenvalue weighted by Crippen LogP contribution is -2.21. The number of hydrogen-bond donors (Lipinski definition) is 1. The van der Waals surface area contributed by atoms with Crippen molar-refractivity contribution in [3.05, 3.63) is 24.0 Å². The standard InChI is InChI=1S/C14H23NO3/c1-5-6-13(17-4)14(16)11-7-12(9-15-8-11)18-10(2)3/h7-10,13-14,16H,5-6H2,1-4H3. The third-order valence-corrected chi connectivity index (χ3v) is 2.68. The second-order valence-corrected chi connectivity index (χ2v) is 4.63. The SMILES string of the molecule is CCCC(OC)C(O)c1cncc(OC(C)C)c1. The van der Waals surface area contributed by atoms with Crippen molar-refractivity contribution >= 4 is 0 Å². The summed E-state index contributed by atoms with van der Waals surface area (Å²) >= 11 is 0. The van der Waals surface area contributed by atoms with E-state index in [1.54, 1.807) is 19.5 Å². The first-order chi connectivity index (χ1) is 8.58. The van der Waals surface area contributed by atoms with Gasteiger partial charge < -0.3 is 14.6 Å². The van der Waals surface area contributed by atoms with Crippen molar-refractivity contribution in [2.45, 2.75) is 51.9 Å². The van der Waals surface area contributed by atoms with Gasteiger partial charge in [-0.25, -0.2) is 0 Å². The number of methoxy groups -OCH3 is 1. The Kier molecular flexibility index (Phi) is 6.09. The summed E-state index contributed by atoms with van der Waals surface area (Å²) in [6, 6.07) is 1.82. The molecule has 1 rings (SSSR count). The van der Waals surface area contributed by atoms with Gasteiger partial charge in [0.1, 0.15) is 11.9 Å². The maximum Gasteiger partial charge on any atom is 0.138 e. The molecule has 0 saturated heterocycles. The van der Waals surface area contributed by atoms with Crippen LogP contribution in [0.25, 0.3) is 0 Å². The number of pyridine rings is 1. The summed E-state index contributed by atoms with van der Waals surface area (Å²) in [5.74, 6) is 0.674. The molecule has 18 heavy (non-hydrogen) atoms. The molecule has 0 saturated carbocycles. The number of rotatable bonds is 7. The maximum absolute atomic E-state index is 10.2. The summed E-state index contributed by atoms with van der Waals surface area (Å²) in [5.41, 5.74) is 0.730. The zero-order valence-electron chi connectivity index (χ0n) is 11.6. The maximum atomic E-state index is 10.2. The van der Waals surface area contributed by atoms with Crippen LogP contribution in [0.3, 0.4) is 0 Å². The van der Waals surface area contributed by atoms with Crippen LogP contribution >= 0.6 is 0 Å². The molecular weight excluding hydrogens is 230 g/mol. The largest absolute Gasteiger partial charge is 0.489 e. The van der Waals surface area contributed by atoms with Crippen molar-refractivity contribution < 1.29 is 14.6 Å². The Morgan fingerprint density at radius 3 is 2.61 bits per heavy atom. The molecule has 1 aromatic rings. The average molecular weight is 253 g/mol. The van der Waals surface area contributed by atoms with E-state index in [-0.39, 0.29) is 12.2 Å². The van der Waals surface area contributed by atoms with Gasteiger partial charge in [0.15, 0.2) is 0 Å². The first-order valence-corrected chi connectivity index (χ1v) is 6.41. The highest BCUT2D eigenvalue weighted by Crippen LogP contribution is 2.24. The molecule has 1 aromatic heterocycles. The number of nitrogens with zero attached hydrogens (tertiary/aromatic N) is 1. The van der Waals surface area contributed by atoms with E-state index in [1.807, 2.05) is 19.9 Å². The Hall–Kier alpha value is -1.13. The average Bonchev–Trinajstić information content (AvgIpc) is 2.34. The molecule has 0 bridgehead atoms. The van der Waals surface area contributed by atoms with E-state index in [9.17, 15) is 5.11 Å². The normalized spacial score (nSPS) is 14.6. The Balaban J connectivity index is 2.81. The van der Waals surface area contributed by atoms with Crippen LogP contribution in [0, 0.1) is 0 Å². The molecule has 0 radical (unpaired) electrons. The number of aromatic nitrogens is 1. The Bertz CT molecular complexity index is 355. The highest BCUT2D eigenvalue weighted by molar-refractivity contribution is 5.26. The van der Waals surface area contributed by atoms with Gasteiger partial charge in [-0.1, -0.05) is 13.3 Å². The molecule has 0 fully saturated rings. The van der Waals surface area contributed by atoms with Crippen LogP contribution in [-0.4, -0.2) is 29.4 Å². The molecule has 1 heterocycles. The van der Waals surface area contributed by atoms with Gasteiger partial charge in [0.25, 0.3) is 0 Å². The van der Waals surface area contributed by atoms with Crippen LogP contribution < -0.4 is 4.74 Å². The van der Waals surface area contributed by atoms with Crippen molar-refractivity contribution in [3.63, 3.8) is 0 Å². The monoisotopic (exact) mass is 253 g/mol. The summed E-state index contributed by atoms with van der Waals surface area (Å²) in [6.45, 7) is 5.98. The quantitative estimate of drug-likeness (QED) is 0.811. The second kappa shape index (κ2) is 7.34. The lowest BCUT2D eigenvalue weighted by atomic mass is 10.0. The first kappa shape index (κ1) is 14.9. The van der Waals surface area contributed by atoms with E-state index < -0.39 is 6.10 Å². The minimum atomic E-state index is -0.668. The van der Waals surface area contributed by atoms with Gasteiger partial charge in [0.05, 0.1) is 18.4 Å². The summed E-state index contributed by atoms with van der Waals surface area (Å²) < 4.78 is 10.9. The Morgan fingerprint density at radius 2 is 2.06 bits per heavy atom. The van der Waals surface area contributed by atoms with Crippen LogP contribution in [0.1, 0.15) is 45.3 Å². The van der Waals surface area contributed by atoms with E-state index in [0.717, 1.165) is 18.4 Å². The van der Waals surface area contributed by atoms with Gasteiger partial charge in [-0.15, -0.1) is 0 Å². The smallest absolute Gasteiger partial charge is 0.138 e. The van der Waals surface area contributed by atoms with Gasteiger partial charge in [0.2, 0.25) is 0 Å². The van der Waals surface area contributed by atoms with Crippen molar-refractivity contribution in [3.8, 4) is 5.75 Å². The molecular formula is C14H23NO3. The Morgan fingerprint density at radius 1 is 1.33 bits per heavy atom. The molecule has 0 amide bonds. The third-order valence-electron chi connectivity index (χ3n) is 2.68. The van der Waals surface area contributed by atoms with E-state index in [2.05, 4.69) is 11.9 Å². The van der Waals surface area contributed by atoms with Gasteiger partial charge in [-0.2, -0.15) is 0 Å². The molecule has 2 atom stereocenters. The number of ether oxygens (including phenoxy) is 2. The first-order valence-electron chi connectivity index (χ1n) is 6.41. The lowest BCUT2D eigenvalue weighted by molar-refractivity contribution is -0.0182. The zero-order chi connectivity index (χ0) is 13.5. The molecule has 102 valence electrons. The van der Waals surface area contributed by atoms with Crippen molar-refractivity contribution in [1.82, 2.24) is 4.98 Å². The van der Waals surface area contributed by atoms with Gasteiger partial charge in [-0.05, 0) is 26.3 Å². The number of hydrogen-bond acceptors (Lipinski definition) is 4. The van der Waals surface area contributed by atoms with E-state index in [4.69, 9.17) is 9.47 Å². The number of aliphatic hydroxyl groups is 1. The highest BCUT2D eigenvalue weighted by atomic mass is 16.5. The van der Waals surface area contributed by atoms with E-state index >= 15 is 0 Å². The third kappa shape index (κ3) is 4.27. The summed E-state index contributed by atoms with van der Waals surface area (Å²) in [5, 5.41) is 10.2. The molecule has 0 spiro atoms. The van der Waals surface area contributed by atoms with Gasteiger partial charge in [-0.3, -0.25) is 4.98 Å². The van der Waals surface area contributed by atoms with Crippen LogP contribution in [0.15, 0.2) is 18.5 Å². The van der Waals surface area contributed by atoms with Crippen LogP contribution in [0.4, 0.5) is 0 Å². The fourth-order valence-corrected chi connectivity index (χ4v) is 1.84. The van der Waals surface area contributed by atoms with E-state index in [1.165, 1.54) is 0 Å². The molecule has 1 N–H and O–H groups in total. The van der Waals surface area contributed by atoms with E-state index in [0.29, 0.717) is 5.75 Å². The molecule has 4 heteroatoms. The predicted octanol–water partition coefficient (Wildman–Crippen LogP) is 2.72. The highest BCUT2D eigenvalue weighted by Gasteiger charge is 2.20. The molecule has 0 aliphatic heterocycles. The minimum Gasteiger partial charge on any atom is -0.489 e. The molecule has 0 aliphatic carbocycles. The minimum absolute atomic E-state index is 0.0908. The van der Waals surface area contributed by atoms with Gasteiger partial charge >= 0.3 is 0 Å². The zero-order valence-corrected chi connectivity index (χ0v) is 11.6. The summed E-state index contributed by atoms with van der Waals surface area (Å²) in [6.07, 6.45) is 4.30. The van der Waals surface area contributed by atoms with Crippen molar-refractivity contribution in [2.75, 3.05) is 7.11 Å². The van der Waals surface area contributed by atoms with Crippen molar-refractivity contribution in [1.29, 1.82) is 0 Å². The van der Waals surface area contributed by atoms with Crippen molar-refractivity contribution in [2.24, 2.45) is 0 Å². The van der Waals surface area contributed by atoms with Crippen LogP contribution in [0.2, 0.25) is 0 Å².